The number of ether oxygens (including phenoxy) is 1. The molecule has 0 aliphatic carbocycles. The molecule has 0 saturated carbocycles. The standard InChI is InChI=1S/C21H20FN5O5S/c22-17-7-6-15(33(30,31)27-8-10-32-11-9-27)12-16(17)20(28)25-26-21(29)19-13-18(23-24-19)14-4-2-1-3-5-14/h1-7,12-13H,8-11H2,(H,23,24)(H,25,28)(H,26,29). The van der Waals surface area contributed by atoms with Gasteiger partial charge in [0.05, 0.1) is 29.4 Å². The van der Waals surface area contributed by atoms with Gasteiger partial charge in [-0.05, 0) is 24.3 Å². The number of aromatic nitrogens is 2. The van der Waals surface area contributed by atoms with Gasteiger partial charge in [0.2, 0.25) is 10.0 Å². The fourth-order valence-corrected chi connectivity index (χ4v) is 4.65. The van der Waals surface area contributed by atoms with Crippen molar-refractivity contribution < 1.29 is 27.1 Å². The van der Waals surface area contributed by atoms with E-state index in [2.05, 4.69) is 21.0 Å². The number of sulfonamides is 1. The van der Waals surface area contributed by atoms with Crippen LogP contribution in [0, 0.1) is 5.82 Å². The number of carbonyl (C=O) groups excluding carboxylic acids is 2. The lowest BCUT2D eigenvalue weighted by Crippen LogP contribution is -2.42. The van der Waals surface area contributed by atoms with Gasteiger partial charge in [0, 0.05) is 18.7 Å². The molecule has 0 spiro atoms. The van der Waals surface area contributed by atoms with Gasteiger partial charge in [-0.1, -0.05) is 30.3 Å². The van der Waals surface area contributed by atoms with E-state index in [1.54, 1.807) is 0 Å². The van der Waals surface area contributed by atoms with Crippen molar-refractivity contribution in [2.75, 3.05) is 26.3 Å². The topological polar surface area (TPSA) is 133 Å². The van der Waals surface area contributed by atoms with Gasteiger partial charge >= 0.3 is 0 Å². The first-order chi connectivity index (χ1) is 15.9. The van der Waals surface area contributed by atoms with Gasteiger partial charge in [0.15, 0.2) is 0 Å². The maximum atomic E-state index is 14.3. The first-order valence-electron chi connectivity index (χ1n) is 9.95. The average Bonchev–Trinajstić information content (AvgIpc) is 3.34. The summed E-state index contributed by atoms with van der Waals surface area (Å²) in [6, 6.07) is 13.5. The second-order valence-corrected chi connectivity index (χ2v) is 9.04. The molecule has 33 heavy (non-hydrogen) atoms. The second-order valence-electron chi connectivity index (χ2n) is 7.10. The number of carbonyl (C=O) groups is 2. The Kier molecular flexibility index (Phi) is 6.49. The van der Waals surface area contributed by atoms with Gasteiger partial charge in [0.1, 0.15) is 11.5 Å². The van der Waals surface area contributed by atoms with Crippen LogP contribution in [0.4, 0.5) is 4.39 Å². The Bertz CT molecular complexity index is 1270. The summed E-state index contributed by atoms with van der Waals surface area (Å²) in [7, 11) is -3.93. The molecular formula is C21H20FN5O5S. The summed E-state index contributed by atoms with van der Waals surface area (Å²) in [4.78, 5) is 24.6. The van der Waals surface area contributed by atoms with Crippen molar-refractivity contribution in [1.82, 2.24) is 25.4 Å². The van der Waals surface area contributed by atoms with Crippen LogP contribution in [-0.4, -0.2) is 61.0 Å². The van der Waals surface area contributed by atoms with Crippen molar-refractivity contribution in [3.05, 3.63) is 71.7 Å². The number of amides is 2. The van der Waals surface area contributed by atoms with Crippen LogP contribution in [0.1, 0.15) is 20.8 Å². The van der Waals surface area contributed by atoms with E-state index in [0.29, 0.717) is 5.69 Å². The summed E-state index contributed by atoms with van der Waals surface area (Å²) in [5.41, 5.74) is 5.10. The molecule has 172 valence electrons. The highest BCUT2D eigenvalue weighted by atomic mass is 32.2. The third kappa shape index (κ3) is 4.92. The van der Waals surface area contributed by atoms with Crippen molar-refractivity contribution in [1.29, 1.82) is 0 Å². The Hall–Kier alpha value is -3.61. The van der Waals surface area contributed by atoms with Crippen molar-refractivity contribution in [2.45, 2.75) is 4.90 Å². The molecule has 0 unspecified atom stereocenters. The zero-order chi connectivity index (χ0) is 23.4. The molecule has 3 N–H and O–H groups in total. The number of H-pyrrole nitrogens is 1. The lowest BCUT2D eigenvalue weighted by Gasteiger charge is -2.26. The molecule has 0 radical (unpaired) electrons. The van der Waals surface area contributed by atoms with Crippen LogP contribution in [0.2, 0.25) is 0 Å². The highest BCUT2D eigenvalue weighted by molar-refractivity contribution is 7.89. The second kappa shape index (κ2) is 9.48. The molecule has 4 rings (SSSR count). The molecule has 3 aromatic rings. The molecule has 0 atom stereocenters. The molecule has 0 bridgehead atoms. The SMILES string of the molecule is O=C(NNC(=O)c1cc(S(=O)(=O)N2CCOCC2)ccc1F)c1cc(-c2ccccc2)n[nH]1. The van der Waals surface area contributed by atoms with Crippen LogP contribution in [0.25, 0.3) is 11.3 Å². The molecule has 2 aromatic carbocycles. The lowest BCUT2D eigenvalue weighted by atomic mass is 10.1. The average molecular weight is 473 g/mol. The zero-order valence-corrected chi connectivity index (χ0v) is 18.1. The van der Waals surface area contributed by atoms with Crippen LogP contribution in [0.3, 0.4) is 0 Å². The lowest BCUT2D eigenvalue weighted by molar-refractivity contribution is 0.0730. The Balaban J connectivity index is 1.45. The minimum atomic E-state index is -3.93. The summed E-state index contributed by atoms with van der Waals surface area (Å²) < 4.78 is 46.2. The largest absolute Gasteiger partial charge is 0.379 e. The maximum Gasteiger partial charge on any atom is 0.287 e. The fraction of sp³-hybridized carbons (Fsp3) is 0.190. The number of halogens is 1. The van der Waals surface area contributed by atoms with Crippen LogP contribution in [0.15, 0.2) is 59.5 Å². The van der Waals surface area contributed by atoms with E-state index in [9.17, 15) is 22.4 Å². The van der Waals surface area contributed by atoms with E-state index in [1.807, 2.05) is 30.3 Å². The monoisotopic (exact) mass is 473 g/mol. The normalized spacial score (nSPS) is 14.6. The highest BCUT2D eigenvalue weighted by Gasteiger charge is 2.28. The summed E-state index contributed by atoms with van der Waals surface area (Å²) in [5, 5.41) is 6.61. The zero-order valence-electron chi connectivity index (χ0n) is 17.2. The van der Waals surface area contributed by atoms with E-state index in [4.69, 9.17) is 4.74 Å². The Morgan fingerprint density at radius 3 is 2.42 bits per heavy atom. The third-order valence-electron chi connectivity index (χ3n) is 4.97. The van der Waals surface area contributed by atoms with Gasteiger partial charge in [-0.15, -0.1) is 0 Å². The van der Waals surface area contributed by atoms with E-state index in [-0.39, 0.29) is 36.9 Å². The summed E-state index contributed by atoms with van der Waals surface area (Å²) in [6.07, 6.45) is 0. The molecule has 1 aliphatic heterocycles. The summed E-state index contributed by atoms with van der Waals surface area (Å²) in [5.74, 6) is -2.66. The quantitative estimate of drug-likeness (QED) is 0.479. The maximum absolute atomic E-state index is 14.3. The first kappa shape index (κ1) is 22.6. The Morgan fingerprint density at radius 2 is 1.70 bits per heavy atom. The number of morpholine rings is 1. The molecule has 1 aliphatic rings. The van der Waals surface area contributed by atoms with Crippen molar-refractivity contribution >= 4 is 21.8 Å². The molecule has 12 heteroatoms. The predicted molar refractivity (Wildman–Crippen MR) is 115 cm³/mol. The smallest absolute Gasteiger partial charge is 0.287 e. The Labute approximate surface area is 188 Å². The number of benzene rings is 2. The number of rotatable bonds is 5. The van der Waals surface area contributed by atoms with Gasteiger partial charge in [-0.3, -0.25) is 25.5 Å². The van der Waals surface area contributed by atoms with Crippen LogP contribution < -0.4 is 10.9 Å². The minimum absolute atomic E-state index is 0.0678. The number of aromatic amines is 1. The molecule has 1 saturated heterocycles. The number of hydrogen-bond acceptors (Lipinski definition) is 6. The van der Waals surface area contributed by atoms with Crippen molar-refractivity contribution in [2.24, 2.45) is 0 Å². The Morgan fingerprint density at radius 1 is 1.00 bits per heavy atom. The van der Waals surface area contributed by atoms with Gasteiger partial charge in [-0.25, -0.2) is 12.8 Å². The number of nitrogens with one attached hydrogen (secondary N) is 3. The first-order valence-corrected chi connectivity index (χ1v) is 11.4. The summed E-state index contributed by atoms with van der Waals surface area (Å²) in [6.45, 7) is 0.817. The van der Waals surface area contributed by atoms with Gasteiger partial charge in [0.25, 0.3) is 11.8 Å². The number of hydrogen-bond donors (Lipinski definition) is 3. The van der Waals surface area contributed by atoms with Crippen molar-refractivity contribution in [3.63, 3.8) is 0 Å². The van der Waals surface area contributed by atoms with E-state index in [0.717, 1.165) is 23.8 Å². The van der Waals surface area contributed by atoms with Gasteiger partial charge < -0.3 is 4.74 Å². The fourth-order valence-electron chi connectivity index (χ4n) is 3.22. The van der Waals surface area contributed by atoms with Crippen LogP contribution in [-0.2, 0) is 14.8 Å². The number of nitrogens with zero attached hydrogens (tertiary/aromatic N) is 2. The molecule has 2 heterocycles. The summed E-state index contributed by atoms with van der Waals surface area (Å²) >= 11 is 0. The highest BCUT2D eigenvalue weighted by Crippen LogP contribution is 2.20. The molecule has 1 fully saturated rings. The van der Waals surface area contributed by atoms with E-state index < -0.39 is 33.2 Å². The molecule has 10 nitrogen and oxygen atoms in total. The minimum Gasteiger partial charge on any atom is -0.379 e. The molecule has 1 aromatic heterocycles. The van der Waals surface area contributed by atoms with Crippen LogP contribution in [0.5, 0.6) is 0 Å². The van der Waals surface area contributed by atoms with E-state index in [1.165, 1.54) is 10.4 Å². The number of hydrazine groups is 1. The molecular weight excluding hydrogens is 453 g/mol. The predicted octanol–water partition coefficient (Wildman–Crippen LogP) is 1.31. The van der Waals surface area contributed by atoms with Crippen molar-refractivity contribution in [3.8, 4) is 11.3 Å². The molecule has 2 amide bonds. The van der Waals surface area contributed by atoms with Crippen LogP contribution >= 0.6 is 0 Å². The third-order valence-corrected chi connectivity index (χ3v) is 6.87. The van der Waals surface area contributed by atoms with E-state index >= 15 is 0 Å². The van der Waals surface area contributed by atoms with Gasteiger partial charge in [-0.2, -0.15) is 9.40 Å².